The van der Waals surface area contributed by atoms with Crippen LogP contribution in [0.2, 0.25) is 5.02 Å². The minimum atomic E-state index is -0.261. The highest BCUT2D eigenvalue weighted by atomic mass is 35.5. The summed E-state index contributed by atoms with van der Waals surface area (Å²) in [6.07, 6.45) is 2.51. The second kappa shape index (κ2) is 4.16. The van der Waals surface area contributed by atoms with E-state index in [0.717, 1.165) is 18.7 Å². The Kier molecular flexibility index (Phi) is 2.88. The van der Waals surface area contributed by atoms with E-state index < -0.39 is 0 Å². The van der Waals surface area contributed by atoms with Gasteiger partial charge in [0.25, 0.3) is 0 Å². The average molecular weight is 226 g/mol. The quantitative estimate of drug-likeness (QED) is 0.828. The Hall–Kier alpha value is -1.13. The van der Waals surface area contributed by atoms with Crippen molar-refractivity contribution >= 4 is 17.5 Å². The first-order chi connectivity index (χ1) is 7.16. The summed E-state index contributed by atoms with van der Waals surface area (Å²) in [6, 6.07) is 3.40. The van der Waals surface area contributed by atoms with Crippen LogP contribution in [0.4, 0.5) is 0 Å². The van der Waals surface area contributed by atoms with Crippen molar-refractivity contribution in [1.29, 1.82) is 0 Å². The number of aromatic nitrogens is 1. The molecule has 0 aliphatic carbocycles. The number of amides is 1. The van der Waals surface area contributed by atoms with Crippen molar-refractivity contribution in [1.82, 2.24) is 9.88 Å². The first kappa shape index (κ1) is 10.4. The number of rotatable bonds is 3. The van der Waals surface area contributed by atoms with E-state index in [0.29, 0.717) is 11.6 Å². The lowest BCUT2D eigenvalue weighted by Crippen LogP contribution is -2.54. The van der Waals surface area contributed by atoms with Crippen LogP contribution in [0.3, 0.4) is 0 Å². The number of nitrogens with zero attached hydrogens (tertiary/aromatic N) is 2. The summed E-state index contributed by atoms with van der Waals surface area (Å²) < 4.78 is 0. The molecule has 0 spiro atoms. The maximum atomic E-state index is 11.0. The Morgan fingerprint density at radius 1 is 1.73 bits per heavy atom. The van der Waals surface area contributed by atoms with Crippen LogP contribution in [-0.2, 0) is 11.3 Å². The van der Waals surface area contributed by atoms with Gasteiger partial charge in [-0.25, -0.2) is 0 Å². The summed E-state index contributed by atoms with van der Waals surface area (Å²) in [6.45, 7) is 1.52. The highest BCUT2D eigenvalue weighted by Crippen LogP contribution is 2.20. The summed E-state index contributed by atoms with van der Waals surface area (Å²) in [7, 11) is 0. The minimum Gasteiger partial charge on any atom is -0.368 e. The number of carbonyl (C=O) groups is 1. The molecule has 1 atom stereocenters. The van der Waals surface area contributed by atoms with Gasteiger partial charge >= 0.3 is 0 Å². The number of hydrogen-bond donors (Lipinski definition) is 1. The molecule has 1 saturated heterocycles. The molecule has 1 amide bonds. The van der Waals surface area contributed by atoms with E-state index in [9.17, 15) is 4.79 Å². The summed E-state index contributed by atoms with van der Waals surface area (Å²) in [5.41, 5.74) is 6.11. The van der Waals surface area contributed by atoms with Crippen LogP contribution >= 0.6 is 11.6 Å². The number of halogens is 1. The Balaban J connectivity index is 2.00. The molecule has 2 rings (SSSR count). The highest BCUT2D eigenvalue weighted by molar-refractivity contribution is 6.30. The van der Waals surface area contributed by atoms with Gasteiger partial charge in [0.2, 0.25) is 5.91 Å². The Morgan fingerprint density at radius 3 is 3.07 bits per heavy atom. The van der Waals surface area contributed by atoms with Crippen molar-refractivity contribution < 1.29 is 4.79 Å². The van der Waals surface area contributed by atoms with E-state index in [1.54, 1.807) is 18.3 Å². The van der Waals surface area contributed by atoms with E-state index in [-0.39, 0.29) is 11.9 Å². The van der Waals surface area contributed by atoms with Crippen molar-refractivity contribution in [2.45, 2.75) is 19.0 Å². The van der Waals surface area contributed by atoms with Gasteiger partial charge < -0.3 is 5.73 Å². The van der Waals surface area contributed by atoms with Crippen LogP contribution in [0.5, 0.6) is 0 Å². The van der Waals surface area contributed by atoms with E-state index >= 15 is 0 Å². The zero-order chi connectivity index (χ0) is 10.8. The second-order valence-corrected chi connectivity index (χ2v) is 4.08. The fourth-order valence-corrected chi connectivity index (χ4v) is 1.88. The molecule has 0 saturated carbocycles. The van der Waals surface area contributed by atoms with Gasteiger partial charge in [0.05, 0.1) is 11.7 Å². The van der Waals surface area contributed by atoms with E-state index in [4.69, 9.17) is 17.3 Å². The van der Waals surface area contributed by atoms with Gasteiger partial charge in [0.15, 0.2) is 0 Å². The second-order valence-electron chi connectivity index (χ2n) is 3.64. The maximum Gasteiger partial charge on any atom is 0.234 e. The van der Waals surface area contributed by atoms with E-state index in [1.165, 1.54) is 0 Å². The van der Waals surface area contributed by atoms with Gasteiger partial charge in [-0.3, -0.25) is 14.7 Å². The van der Waals surface area contributed by atoms with Crippen molar-refractivity contribution in [2.24, 2.45) is 5.73 Å². The molecule has 1 aromatic rings. The van der Waals surface area contributed by atoms with Crippen LogP contribution in [0.25, 0.3) is 0 Å². The van der Waals surface area contributed by atoms with Gasteiger partial charge in [-0.1, -0.05) is 11.6 Å². The molecule has 0 radical (unpaired) electrons. The van der Waals surface area contributed by atoms with Crippen LogP contribution in [-0.4, -0.2) is 28.4 Å². The number of nitrogens with two attached hydrogens (primary N) is 1. The minimum absolute atomic E-state index is 0.134. The van der Waals surface area contributed by atoms with Crippen molar-refractivity contribution in [3.63, 3.8) is 0 Å². The Labute approximate surface area is 93.0 Å². The van der Waals surface area contributed by atoms with Gasteiger partial charge in [-0.05, 0) is 18.6 Å². The number of primary amides is 1. The molecule has 0 bridgehead atoms. The first-order valence-electron chi connectivity index (χ1n) is 4.80. The summed E-state index contributed by atoms with van der Waals surface area (Å²) in [4.78, 5) is 17.2. The lowest BCUT2D eigenvalue weighted by Gasteiger charge is -2.38. The molecule has 80 valence electrons. The van der Waals surface area contributed by atoms with Crippen LogP contribution in [0, 0.1) is 0 Å². The fraction of sp³-hybridized carbons (Fsp3) is 0.400. The molecule has 15 heavy (non-hydrogen) atoms. The lowest BCUT2D eigenvalue weighted by molar-refractivity contribution is -0.127. The van der Waals surface area contributed by atoms with Gasteiger partial charge in [0.1, 0.15) is 0 Å². The van der Waals surface area contributed by atoms with Crippen LogP contribution in [0.15, 0.2) is 18.3 Å². The monoisotopic (exact) mass is 225 g/mol. The van der Waals surface area contributed by atoms with Crippen molar-refractivity contribution in [3.05, 3.63) is 29.0 Å². The molecule has 0 aromatic carbocycles. The standard InChI is InChI=1S/C10H12ClN3O/c11-7-1-3-13-8(5-7)6-14-4-2-9(14)10(12)15/h1,3,5,9H,2,4,6H2,(H2,12,15). The molecule has 2 N–H and O–H groups in total. The SMILES string of the molecule is NC(=O)C1CCN1Cc1cc(Cl)ccn1. The molecule has 2 heterocycles. The number of carbonyl (C=O) groups excluding carboxylic acids is 1. The molecule has 1 aliphatic heterocycles. The third kappa shape index (κ3) is 2.27. The predicted molar refractivity (Wildman–Crippen MR) is 57.3 cm³/mol. The van der Waals surface area contributed by atoms with Gasteiger partial charge in [0, 0.05) is 24.3 Å². The molecule has 1 unspecified atom stereocenters. The molecule has 1 fully saturated rings. The maximum absolute atomic E-state index is 11.0. The van der Waals surface area contributed by atoms with Crippen molar-refractivity contribution in [2.75, 3.05) is 6.54 Å². The zero-order valence-corrected chi connectivity index (χ0v) is 8.94. The Morgan fingerprint density at radius 2 is 2.53 bits per heavy atom. The summed E-state index contributed by atoms with van der Waals surface area (Å²) in [5, 5.41) is 0.663. The molecule has 4 nitrogen and oxygen atoms in total. The zero-order valence-electron chi connectivity index (χ0n) is 8.19. The molecular weight excluding hydrogens is 214 g/mol. The summed E-state index contributed by atoms with van der Waals surface area (Å²) in [5.74, 6) is -0.261. The van der Waals surface area contributed by atoms with Crippen LogP contribution in [0.1, 0.15) is 12.1 Å². The van der Waals surface area contributed by atoms with E-state index in [1.807, 2.05) is 4.90 Å². The number of pyridine rings is 1. The largest absolute Gasteiger partial charge is 0.368 e. The van der Waals surface area contributed by atoms with Crippen LogP contribution < -0.4 is 5.73 Å². The fourth-order valence-electron chi connectivity index (χ4n) is 1.70. The molecular formula is C10H12ClN3O. The van der Waals surface area contributed by atoms with Crippen molar-refractivity contribution in [3.8, 4) is 0 Å². The predicted octanol–water partition coefficient (Wildman–Crippen LogP) is 0.795. The highest BCUT2D eigenvalue weighted by Gasteiger charge is 2.32. The lowest BCUT2D eigenvalue weighted by atomic mass is 10.0. The third-order valence-electron chi connectivity index (χ3n) is 2.60. The Bertz CT molecular complexity index is 383. The number of hydrogen-bond acceptors (Lipinski definition) is 3. The molecule has 1 aliphatic rings. The topological polar surface area (TPSA) is 59.2 Å². The summed E-state index contributed by atoms with van der Waals surface area (Å²) >= 11 is 5.84. The van der Waals surface area contributed by atoms with Gasteiger partial charge in [-0.15, -0.1) is 0 Å². The average Bonchev–Trinajstić information content (AvgIpc) is 2.11. The van der Waals surface area contributed by atoms with Gasteiger partial charge in [-0.2, -0.15) is 0 Å². The van der Waals surface area contributed by atoms with E-state index in [2.05, 4.69) is 4.98 Å². The molecule has 1 aromatic heterocycles. The normalized spacial score (nSPS) is 21.0. The molecule has 5 heteroatoms. The number of likely N-dealkylation sites (tertiary alicyclic amines) is 1. The third-order valence-corrected chi connectivity index (χ3v) is 2.84. The first-order valence-corrected chi connectivity index (χ1v) is 5.18. The smallest absolute Gasteiger partial charge is 0.234 e.